The molecule has 0 heterocycles. The van der Waals surface area contributed by atoms with Crippen molar-refractivity contribution in [3.8, 4) is 11.5 Å². The Hall–Kier alpha value is -4.46. The molecule has 0 aliphatic carbocycles. The highest BCUT2D eigenvalue weighted by molar-refractivity contribution is 6.11. The molecule has 3 aromatic carbocycles. The molecule has 0 aromatic heterocycles. The number of hydrogen-bond donors (Lipinski definition) is 2. The second kappa shape index (κ2) is 11.6. The Balaban J connectivity index is 1.74. The summed E-state index contributed by atoms with van der Waals surface area (Å²) in [4.78, 5) is 26.3. The number of hydrogen-bond acceptors (Lipinski definition) is 8. The number of ether oxygens (including phenoxy) is 1. The number of azo groups is 1. The van der Waals surface area contributed by atoms with Crippen LogP contribution >= 0.6 is 0 Å². The Bertz CT molecular complexity index is 1240. The van der Waals surface area contributed by atoms with Gasteiger partial charge in [-0.05, 0) is 50.2 Å². The van der Waals surface area contributed by atoms with E-state index in [4.69, 9.17) is 4.74 Å². The molecule has 0 unspecified atom stereocenters. The van der Waals surface area contributed by atoms with Crippen LogP contribution in [0.3, 0.4) is 0 Å². The first-order chi connectivity index (χ1) is 16.8. The van der Waals surface area contributed by atoms with E-state index < -0.39 is 17.5 Å². The van der Waals surface area contributed by atoms with E-state index in [2.05, 4.69) is 16.8 Å². The highest BCUT2D eigenvalue weighted by Crippen LogP contribution is 2.40. The van der Waals surface area contributed by atoms with Crippen LogP contribution in [0.25, 0.3) is 0 Å². The van der Waals surface area contributed by atoms with E-state index in [1.54, 1.807) is 49.4 Å². The summed E-state index contributed by atoms with van der Waals surface area (Å²) in [6.07, 6.45) is 0. The van der Waals surface area contributed by atoms with Crippen LogP contribution in [-0.2, 0) is 9.53 Å². The Morgan fingerprint density at radius 3 is 2.29 bits per heavy atom. The van der Waals surface area contributed by atoms with Gasteiger partial charge in [0.25, 0.3) is 0 Å². The zero-order chi connectivity index (χ0) is 25.4. The minimum Gasteiger partial charge on any atom is -0.505 e. The Morgan fingerprint density at radius 2 is 1.66 bits per heavy atom. The van der Waals surface area contributed by atoms with Crippen molar-refractivity contribution in [2.75, 3.05) is 24.6 Å². The van der Waals surface area contributed by atoms with E-state index in [1.807, 2.05) is 24.0 Å². The highest BCUT2D eigenvalue weighted by Gasteiger charge is 2.19. The molecule has 0 radical (unpaired) electrons. The normalized spacial score (nSPS) is 10.8. The van der Waals surface area contributed by atoms with Gasteiger partial charge >= 0.3 is 5.97 Å². The van der Waals surface area contributed by atoms with Gasteiger partial charge in [-0.15, -0.1) is 5.11 Å². The van der Waals surface area contributed by atoms with Crippen molar-refractivity contribution in [3.05, 3.63) is 90.0 Å². The molecule has 0 fully saturated rings. The maximum absolute atomic E-state index is 12.7. The number of phenols is 2. The monoisotopic (exact) mass is 473 g/mol. The zero-order valence-corrected chi connectivity index (χ0v) is 19.6. The molecule has 0 aliphatic rings. The molecule has 35 heavy (non-hydrogen) atoms. The molecule has 0 spiro atoms. The van der Waals surface area contributed by atoms with Gasteiger partial charge in [-0.1, -0.05) is 36.9 Å². The first-order valence-electron chi connectivity index (χ1n) is 11.1. The molecule has 3 rings (SSSR count). The fourth-order valence-electron chi connectivity index (χ4n) is 3.28. The molecule has 0 atom stereocenters. The van der Waals surface area contributed by atoms with Crippen LogP contribution in [0.4, 0.5) is 17.1 Å². The Labute approximate surface area is 203 Å². The highest BCUT2D eigenvalue weighted by atomic mass is 16.5. The number of carbonyl (C=O) groups is 2. The van der Waals surface area contributed by atoms with Crippen molar-refractivity contribution >= 4 is 28.8 Å². The van der Waals surface area contributed by atoms with Crippen LogP contribution < -0.4 is 4.90 Å². The fourth-order valence-corrected chi connectivity index (χ4v) is 3.28. The Kier molecular flexibility index (Phi) is 8.34. The molecular weight excluding hydrogens is 446 g/mol. The number of aromatic hydroxyl groups is 2. The molecule has 8 nitrogen and oxygen atoms in total. The van der Waals surface area contributed by atoms with E-state index in [1.165, 1.54) is 12.1 Å². The maximum atomic E-state index is 12.7. The fraction of sp³-hybridized carbons (Fsp3) is 0.185. The number of phenolic OH excluding ortho intramolecular Hbond substituents is 2. The van der Waals surface area contributed by atoms with E-state index in [9.17, 15) is 19.8 Å². The maximum Gasteiger partial charge on any atom is 0.333 e. The second-order valence-electron chi connectivity index (χ2n) is 7.74. The van der Waals surface area contributed by atoms with Crippen LogP contribution in [0.1, 0.15) is 29.8 Å². The molecule has 180 valence electrons. The van der Waals surface area contributed by atoms with Gasteiger partial charge in [0.2, 0.25) is 0 Å². The van der Waals surface area contributed by atoms with Crippen LogP contribution in [0.5, 0.6) is 11.5 Å². The summed E-state index contributed by atoms with van der Waals surface area (Å²) in [5, 5.41) is 28.9. The number of rotatable bonds is 10. The molecule has 8 heteroatoms. The SMILES string of the molecule is C=C(C)C(=O)OCCN(CC)c1ccc(N=Nc2c(O)ccc(C(=O)c3ccccc3)c2O)cc1. The first kappa shape index (κ1) is 25.2. The predicted molar refractivity (Wildman–Crippen MR) is 134 cm³/mol. The lowest BCUT2D eigenvalue weighted by Gasteiger charge is -2.22. The standard InChI is InChI=1S/C27H27N3O5/c1-4-30(16-17-35-27(34)18(2)3)21-12-10-20(11-13-21)28-29-24-23(31)15-14-22(26(24)33)25(32)19-8-6-5-7-9-19/h5-15,31,33H,2,4,16-17H2,1,3H3. The smallest absolute Gasteiger partial charge is 0.333 e. The zero-order valence-electron chi connectivity index (χ0n) is 19.6. The van der Waals surface area contributed by atoms with Gasteiger partial charge in [0.15, 0.2) is 17.2 Å². The summed E-state index contributed by atoms with van der Waals surface area (Å²) in [5.74, 6) is -1.55. The summed E-state index contributed by atoms with van der Waals surface area (Å²) in [7, 11) is 0. The third kappa shape index (κ3) is 6.32. The molecular formula is C27H27N3O5. The number of anilines is 1. The summed E-state index contributed by atoms with van der Waals surface area (Å²) >= 11 is 0. The van der Waals surface area contributed by atoms with Crippen LogP contribution in [-0.4, -0.2) is 41.7 Å². The molecule has 0 saturated carbocycles. The molecule has 0 amide bonds. The number of esters is 1. The molecule has 0 saturated heterocycles. The van der Waals surface area contributed by atoms with Gasteiger partial charge in [0.05, 0.1) is 17.8 Å². The van der Waals surface area contributed by atoms with Crippen LogP contribution in [0.2, 0.25) is 0 Å². The predicted octanol–water partition coefficient (Wildman–Crippen LogP) is 5.69. The summed E-state index contributed by atoms with van der Waals surface area (Å²) < 4.78 is 5.16. The van der Waals surface area contributed by atoms with Crippen molar-refractivity contribution in [2.45, 2.75) is 13.8 Å². The number of likely N-dealkylation sites (N-methyl/N-ethyl adjacent to an activating group) is 1. The Morgan fingerprint density at radius 1 is 0.971 bits per heavy atom. The second-order valence-corrected chi connectivity index (χ2v) is 7.74. The van der Waals surface area contributed by atoms with E-state index in [-0.39, 0.29) is 23.6 Å². The topological polar surface area (TPSA) is 112 Å². The van der Waals surface area contributed by atoms with Gasteiger partial charge in [0.1, 0.15) is 12.4 Å². The van der Waals surface area contributed by atoms with Gasteiger partial charge in [-0.25, -0.2) is 4.79 Å². The lowest BCUT2D eigenvalue weighted by Crippen LogP contribution is -2.28. The largest absolute Gasteiger partial charge is 0.505 e. The minimum absolute atomic E-state index is 0.0178. The lowest BCUT2D eigenvalue weighted by atomic mass is 10.0. The molecule has 2 N–H and O–H groups in total. The van der Waals surface area contributed by atoms with Crippen LogP contribution in [0.15, 0.2) is 89.1 Å². The first-order valence-corrected chi connectivity index (χ1v) is 11.1. The van der Waals surface area contributed by atoms with Crippen molar-refractivity contribution in [1.29, 1.82) is 0 Å². The van der Waals surface area contributed by atoms with E-state index >= 15 is 0 Å². The molecule has 0 bridgehead atoms. The summed E-state index contributed by atoms with van der Waals surface area (Å²) in [5.41, 5.74) is 1.97. The van der Waals surface area contributed by atoms with Gasteiger partial charge in [-0.3, -0.25) is 4.79 Å². The number of benzene rings is 3. The van der Waals surface area contributed by atoms with Gasteiger partial charge < -0.3 is 19.8 Å². The summed E-state index contributed by atoms with van der Waals surface area (Å²) in [6, 6.07) is 18.3. The molecule has 0 aliphatic heterocycles. The number of nitrogens with zero attached hydrogens (tertiary/aromatic N) is 3. The van der Waals surface area contributed by atoms with Crippen molar-refractivity contribution in [3.63, 3.8) is 0 Å². The van der Waals surface area contributed by atoms with Crippen LogP contribution in [0, 0.1) is 0 Å². The third-order valence-electron chi connectivity index (χ3n) is 5.22. The minimum atomic E-state index is -0.444. The van der Waals surface area contributed by atoms with E-state index in [0.29, 0.717) is 29.9 Å². The molecule has 3 aromatic rings. The third-order valence-corrected chi connectivity index (χ3v) is 5.22. The van der Waals surface area contributed by atoms with Crippen molar-refractivity contribution in [1.82, 2.24) is 0 Å². The van der Waals surface area contributed by atoms with Gasteiger partial charge in [0, 0.05) is 23.4 Å². The van der Waals surface area contributed by atoms with Gasteiger partial charge in [-0.2, -0.15) is 5.11 Å². The number of carbonyl (C=O) groups excluding carboxylic acids is 2. The summed E-state index contributed by atoms with van der Waals surface area (Å²) in [6.45, 7) is 8.61. The number of ketones is 1. The van der Waals surface area contributed by atoms with E-state index in [0.717, 1.165) is 5.69 Å². The quantitative estimate of drug-likeness (QED) is 0.169. The van der Waals surface area contributed by atoms with Crippen molar-refractivity contribution in [2.24, 2.45) is 10.2 Å². The lowest BCUT2D eigenvalue weighted by molar-refractivity contribution is -0.138. The van der Waals surface area contributed by atoms with Crippen molar-refractivity contribution < 1.29 is 24.5 Å². The average Bonchev–Trinajstić information content (AvgIpc) is 2.87. The average molecular weight is 474 g/mol.